The van der Waals surface area contributed by atoms with Gasteiger partial charge in [0.2, 0.25) is 11.9 Å². The van der Waals surface area contributed by atoms with Crippen molar-refractivity contribution >= 4 is 17.5 Å². The summed E-state index contributed by atoms with van der Waals surface area (Å²) >= 11 is 0. The second kappa shape index (κ2) is 8.36. The Morgan fingerprint density at radius 3 is 2.72 bits per heavy atom. The fourth-order valence-corrected chi connectivity index (χ4v) is 3.55. The van der Waals surface area contributed by atoms with Crippen LogP contribution in [0, 0.1) is 5.82 Å². The molecule has 7 heteroatoms. The minimum Gasteiger partial charge on any atom is -0.368 e. The maximum Gasteiger partial charge on any atom is 0.228 e. The molecule has 2 heterocycles. The van der Waals surface area contributed by atoms with Crippen molar-refractivity contribution in [1.82, 2.24) is 14.9 Å². The van der Waals surface area contributed by atoms with E-state index in [0.717, 1.165) is 37.3 Å². The Morgan fingerprint density at radius 1 is 1.14 bits per heavy atom. The van der Waals surface area contributed by atoms with Crippen molar-refractivity contribution in [3.05, 3.63) is 82.9 Å². The Morgan fingerprint density at radius 2 is 1.93 bits per heavy atom. The Kier molecular flexibility index (Phi) is 5.48. The molecule has 0 saturated heterocycles. The zero-order chi connectivity index (χ0) is 20.2. The van der Waals surface area contributed by atoms with Gasteiger partial charge in [0.15, 0.2) is 0 Å². The van der Waals surface area contributed by atoms with Gasteiger partial charge in [0, 0.05) is 43.3 Å². The number of anilines is 2. The van der Waals surface area contributed by atoms with Gasteiger partial charge in [-0.15, -0.1) is 0 Å². The van der Waals surface area contributed by atoms with Crippen molar-refractivity contribution in [2.45, 2.75) is 25.9 Å². The number of carbonyl (C=O) groups is 1. The third-order valence-electron chi connectivity index (χ3n) is 5.02. The fourth-order valence-electron chi connectivity index (χ4n) is 3.55. The molecule has 3 N–H and O–H groups in total. The Bertz CT molecular complexity index is 1020. The molecule has 6 nitrogen and oxygen atoms in total. The number of nitrogens with one attached hydrogen (secondary N) is 1. The molecule has 0 aliphatic carbocycles. The van der Waals surface area contributed by atoms with Crippen LogP contribution in [0.3, 0.4) is 0 Å². The standard InChI is InChI=1S/C22H22FN5O/c23-20-4-2-1-3-17(20)10-21(29)27-19-6-5-16-7-8-28(14-18(16)9-19)13-15-11-25-22(24)26-12-15/h1-6,9,11-12H,7-8,10,13-14H2,(H,27,29)(H2,24,25,26). The molecule has 148 valence electrons. The van der Waals surface area contributed by atoms with Crippen molar-refractivity contribution in [2.75, 3.05) is 17.6 Å². The molecule has 1 aliphatic rings. The molecule has 1 aliphatic heterocycles. The summed E-state index contributed by atoms with van der Waals surface area (Å²) in [4.78, 5) is 22.7. The molecule has 0 atom stereocenters. The summed E-state index contributed by atoms with van der Waals surface area (Å²) in [6, 6.07) is 12.3. The summed E-state index contributed by atoms with van der Waals surface area (Å²) in [7, 11) is 0. The van der Waals surface area contributed by atoms with Crippen molar-refractivity contribution in [2.24, 2.45) is 0 Å². The number of benzene rings is 2. The Balaban J connectivity index is 1.41. The van der Waals surface area contributed by atoms with Crippen LogP contribution in [0.4, 0.5) is 16.0 Å². The van der Waals surface area contributed by atoms with E-state index >= 15 is 0 Å². The molecule has 0 bridgehead atoms. The van der Waals surface area contributed by atoms with Gasteiger partial charge in [0.05, 0.1) is 6.42 Å². The van der Waals surface area contributed by atoms with Crippen LogP contribution < -0.4 is 11.1 Å². The first-order valence-electron chi connectivity index (χ1n) is 9.50. The highest BCUT2D eigenvalue weighted by Crippen LogP contribution is 2.24. The molecule has 2 aromatic carbocycles. The van der Waals surface area contributed by atoms with Gasteiger partial charge < -0.3 is 11.1 Å². The quantitative estimate of drug-likeness (QED) is 0.699. The second-order valence-electron chi connectivity index (χ2n) is 7.21. The molecule has 3 aromatic rings. The molecule has 0 fully saturated rings. The van der Waals surface area contributed by atoms with Crippen LogP contribution in [0.5, 0.6) is 0 Å². The van der Waals surface area contributed by atoms with Crippen LogP contribution in [-0.2, 0) is 30.7 Å². The summed E-state index contributed by atoms with van der Waals surface area (Å²) in [6.45, 7) is 2.46. The van der Waals surface area contributed by atoms with E-state index in [0.29, 0.717) is 5.56 Å². The van der Waals surface area contributed by atoms with Gasteiger partial charge in [-0.25, -0.2) is 14.4 Å². The lowest BCUT2D eigenvalue weighted by molar-refractivity contribution is -0.115. The van der Waals surface area contributed by atoms with Crippen molar-refractivity contribution in [3.8, 4) is 0 Å². The zero-order valence-corrected chi connectivity index (χ0v) is 15.9. The van der Waals surface area contributed by atoms with E-state index in [1.54, 1.807) is 30.6 Å². The maximum absolute atomic E-state index is 13.8. The summed E-state index contributed by atoms with van der Waals surface area (Å²) in [5, 5.41) is 2.88. The van der Waals surface area contributed by atoms with Gasteiger partial charge >= 0.3 is 0 Å². The van der Waals surface area contributed by atoms with Crippen LogP contribution >= 0.6 is 0 Å². The first-order valence-corrected chi connectivity index (χ1v) is 9.50. The minimum atomic E-state index is -0.365. The number of nitrogen functional groups attached to an aromatic ring is 1. The number of rotatable bonds is 5. The monoisotopic (exact) mass is 391 g/mol. The number of hydrogen-bond acceptors (Lipinski definition) is 5. The van der Waals surface area contributed by atoms with Crippen molar-refractivity contribution in [3.63, 3.8) is 0 Å². The minimum absolute atomic E-state index is 0.00697. The lowest BCUT2D eigenvalue weighted by Crippen LogP contribution is -2.30. The third kappa shape index (κ3) is 4.75. The first kappa shape index (κ1) is 19.0. The van der Waals surface area contributed by atoms with Crippen LogP contribution in [0.25, 0.3) is 0 Å². The highest BCUT2D eigenvalue weighted by Gasteiger charge is 2.18. The maximum atomic E-state index is 13.8. The smallest absolute Gasteiger partial charge is 0.228 e. The molecule has 1 aromatic heterocycles. The van der Waals surface area contributed by atoms with Crippen molar-refractivity contribution in [1.29, 1.82) is 0 Å². The summed E-state index contributed by atoms with van der Waals surface area (Å²) in [5.41, 5.74) is 10.1. The van der Waals surface area contributed by atoms with E-state index in [4.69, 9.17) is 5.73 Å². The summed E-state index contributed by atoms with van der Waals surface area (Å²) in [5.74, 6) is -0.328. The summed E-state index contributed by atoms with van der Waals surface area (Å²) < 4.78 is 13.8. The molecule has 0 saturated carbocycles. The summed E-state index contributed by atoms with van der Waals surface area (Å²) in [6.07, 6.45) is 4.44. The second-order valence-corrected chi connectivity index (χ2v) is 7.21. The lowest BCUT2D eigenvalue weighted by atomic mass is 9.98. The van der Waals surface area contributed by atoms with Crippen molar-refractivity contribution < 1.29 is 9.18 Å². The third-order valence-corrected chi connectivity index (χ3v) is 5.02. The number of amides is 1. The van der Waals surface area contributed by atoms with Crippen LogP contribution in [0.1, 0.15) is 22.3 Å². The molecule has 0 unspecified atom stereocenters. The number of aromatic nitrogens is 2. The zero-order valence-electron chi connectivity index (χ0n) is 15.9. The molecular formula is C22H22FN5O. The van der Waals surface area contributed by atoms with E-state index in [-0.39, 0.29) is 24.1 Å². The fraction of sp³-hybridized carbons (Fsp3) is 0.227. The van der Waals surface area contributed by atoms with E-state index < -0.39 is 0 Å². The average molecular weight is 391 g/mol. The van der Waals surface area contributed by atoms with E-state index in [1.165, 1.54) is 17.2 Å². The van der Waals surface area contributed by atoms with Gasteiger partial charge in [-0.1, -0.05) is 24.3 Å². The molecule has 0 spiro atoms. The van der Waals surface area contributed by atoms with Gasteiger partial charge in [0.25, 0.3) is 0 Å². The highest BCUT2D eigenvalue weighted by atomic mass is 19.1. The van der Waals surface area contributed by atoms with Gasteiger partial charge in [0.1, 0.15) is 5.82 Å². The number of nitrogens with zero attached hydrogens (tertiary/aromatic N) is 3. The molecule has 0 radical (unpaired) electrons. The lowest BCUT2D eigenvalue weighted by Gasteiger charge is -2.29. The number of fused-ring (bicyclic) bond motifs is 1. The number of carbonyl (C=O) groups excluding carboxylic acids is 1. The number of nitrogens with two attached hydrogens (primary N) is 1. The van der Waals surface area contributed by atoms with E-state index in [9.17, 15) is 9.18 Å². The molecule has 1 amide bonds. The molecule has 4 rings (SSSR count). The SMILES string of the molecule is Nc1ncc(CN2CCc3ccc(NC(=O)Cc4ccccc4F)cc3C2)cn1. The average Bonchev–Trinajstić information content (AvgIpc) is 2.71. The topological polar surface area (TPSA) is 84.1 Å². The Hall–Kier alpha value is -3.32. The van der Waals surface area contributed by atoms with Crippen LogP contribution in [0.2, 0.25) is 0 Å². The van der Waals surface area contributed by atoms with Gasteiger partial charge in [-0.05, 0) is 41.3 Å². The first-order chi connectivity index (χ1) is 14.1. The molecular weight excluding hydrogens is 369 g/mol. The molecule has 29 heavy (non-hydrogen) atoms. The van der Waals surface area contributed by atoms with Crippen LogP contribution in [-0.4, -0.2) is 27.3 Å². The Labute approximate surface area is 168 Å². The largest absolute Gasteiger partial charge is 0.368 e. The predicted molar refractivity (Wildman–Crippen MR) is 109 cm³/mol. The van der Waals surface area contributed by atoms with Crippen LogP contribution in [0.15, 0.2) is 54.9 Å². The highest BCUT2D eigenvalue weighted by molar-refractivity contribution is 5.92. The number of halogens is 1. The van der Waals surface area contributed by atoms with E-state index in [1.807, 2.05) is 12.1 Å². The normalized spacial score (nSPS) is 13.7. The van der Waals surface area contributed by atoms with Gasteiger partial charge in [-0.2, -0.15) is 0 Å². The predicted octanol–water partition coefficient (Wildman–Crippen LogP) is 2.94. The van der Waals surface area contributed by atoms with Gasteiger partial charge in [-0.3, -0.25) is 9.69 Å². The number of hydrogen-bond donors (Lipinski definition) is 2. The van der Waals surface area contributed by atoms with E-state index in [2.05, 4.69) is 26.3 Å².